The fourth-order valence-corrected chi connectivity index (χ4v) is 1.82. The molecule has 2 rings (SSSR count). The summed E-state index contributed by atoms with van der Waals surface area (Å²) in [6, 6.07) is 11.2. The number of aliphatic carboxylic acids is 1. The van der Waals surface area contributed by atoms with Gasteiger partial charge < -0.3 is 10.4 Å². The van der Waals surface area contributed by atoms with E-state index < -0.39 is 17.8 Å². The molecule has 0 amide bonds. The number of carboxylic acids is 1. The average Bonchev–Trinajstić information content (AvgIpc) is 2.39. The lowest BCUT2D eigenvalue weighted by Crippen LogP contribution is -2.21. The van der Waals surface area contributed by atoms with E-state index in [4.69, 9.17) is 11.6 Å². The number of carboxylic acid groups (broad SMARTS) is 1. The first kappa shape index (κ1) is 13.4. The highest BCUT2D eigenvalue weighted by molar-refractivity contribution is 6.30. The second-order valence-corrected chi connectivity index (χ2v) is 4.38. The Morgan fingerprint density at radius 2 is 1.79 bits per heavy atom. The van der Waals surface area contributed by atoms with Crippen molar-refractivity contribution in [3.63, 3.8) is 0 Å². The second-order valence-electron chi connectivity index (χ2n) is 3.94. The van der Waals surface area contributed by atoms with Crippen molar-refractivity contribution in [3.05, 3.63) is 64.9 Å². The largest absolute Gasteiger partial charge is 0.479 e. The Labute approximate surface area is 114 Å². The highest BCUT2D eigenvalue weighted by Crippen LogP contribution is 2.23. The Bertz CT molecular complexity index is 586. The number of halogens is 2. The Morgan fingerprint density at radius 1 is 1.16 bits per heavy atom. The van der Waals surface area contributed by atoms with Crippen LogP contribution in [0.4, 0.5) is 10.1 Å². The van der Waals surface area contributed by atoms with Gasteiger partial charge in [0, 0.05) is 16.3 Å². The van der Waals surface area contributed by atoms with E-state index >= 15 is 0 Å². The lowest BCUT2D eigenvalue weighted by molar-refractivity contribution is -0.138. The standard InChI is InChI=1S/C14H11ClFNO2/c15-9-5-7-10(8-6-9)17-13(14(18)19)11-3-1-2-4-12(11)16/h1-8,13,17H,(H,18,19). The van der Waals surface area contributed by atoms with Crippen molar-refractivity contribution >= 4 is 23.3 Å². The van der Waals surface area contributed by atoms with E-state index in [1.807, 2.05) is 0 Å². The van der Waals surface area contributed by atoms with E-state index in [0.29, 0.717) is 10.7 Å². The predicted octanol–water partition coefficient (Wildman–Crippen LogP) is 3.72. The zero-order chi connectivity index (χ0) is 13.8. The molecule has 0 saturated heterocycles. The molecule has 2 N–H and O–H groups in total. The first-order chi connectivity index (χ1) is 9.08. The number of rotatable bonds is 4. The maximum absolute atomic E-state index is 13.6. The number of hydrogen-bond donors (Lipinski definition) is 2. The summed E-state index contributed by atoms with van der Waals surface area (Å²) in [6.07, 6.45) is 0. The molecule has 0 heterocycles. The summed E-state index contributed by atoms with van der Waals surface area (Å²) in [5, 5.41) is 12.5. The van der Waals surface area contributed by atoms with E-state index in [9.17, 15) is 14.3 Å². The number of anilines is 1. The molecule has 0 saturated carbocycles. The topological polar surface area (TPSA) is 49.3 Å². The minimum absolute atomic E-state index is 0.0879. The van der Waals surface area contributed by atoms with Crippen LogP contribution in [0.15, 0.2) is 48.5 Å². The molecule has 3 nitrogen and oxygen atoms in total. The molecule has 5 heteroatoms. The van der Waals surface area contributed by atoms with Gasteiger partial charge in [0.2, 0.25) is 0 Å². The molecule has 0 fully saturated rings. The fraction of sp³-hybridized carbons (Fsp3) is 0.0714. The van der Waals surface area contributed by atoms with Crippen LogP contribution in [-0.2, 0) is 4.79 Å². The number of carbonyl (C=O) groups is 1. The lowest BCUT2D eigenvalue weighted by atomic mass is 10.1. The Morgan fingerprint density at radius 3 is 2.37 bits per heavy atom. The third-order valence-electron chi connectivity index (χ3n) is 2.62. The van der Waals surface area contributed by atoms with Crippen LogP contribution in [-0.4, -0.2) is 11.1 Å². The van der Waals surface area contributed by atoms with Gasteiger partial charge in [-0.1, -0.05) is 29.8 Å². The van der Waals surface area contributed by atoms with Crippen molar-refractivity contribution in [3.8, 4) is 0 Å². The number of benzene rings is 2. The number of nitrogens with one attached hydrogen (secondary N) is 1. The lowest BCUT2D eigenvalue weighted by Gasteiger charge is -2.16. The molecule has 19 heavy (non-hydrogen) atoms. The summed E-state index contributed by atoms with van der Waals surface area (Å²) in [7, 11) is 0. The molecule has 0 spiro atoms. The Balaban J connectivity index is 2.29. The molecule has 0 radical (unpaired) electrons. The van der Waals surface area contributed by atoms with E-state index in [1.165, 1.54) is 18.2 Å². The monoisotopic (exact) mass is 279 g/mol. The average molecular weight is 280 g/mol. The summed E-state index contributed by atoms with van der Waals surface area (Å²) in [5.41, 5.74) is 0.644. The molecule has 2 aromatic rings. The highest BCUT2D eigenvalue weighted by Gasteiger charge is 2.22. The molecule has 1 atom stereocenters. The molecule has 0 bridgehead atoms. The third-order valence-corrected chi connectivity index (χ3v) is 2.87. The quantitative estimate of drug-likeness (QED) is 0.897. The molecule has 1 unspecified atom stereocenters. The van der Waals surface area contributed by atoms with Crippen molar-refractivity contribution in [2.75, 3.05) is 5.32 Å². The zero-order valence-electron chi connectivity index (χ0n) is 9.81. The molecule has 0 aromatic heterocycles. The summed E-state index contributed by atoms with van der Waals surface area (Å²) in [5.74, 6) is -1.71. The summed E-state index contributed by atoms with van der Waals surface area (Å²) >= 11 is 5.75. The summed E-state index contributed by atoms with van der Waals surface area (Å²) in [6.45, 7) is 0. The maximum atomic E-state index is 13.6. The van der Waals surface area contributed by atoms with Crippen molar-refractivity contribution in [1.82, 2.24) is 0 Å². The zero-order valence-corrected chi connectivity index (χ0v) is 10.6. The predicted molar refractivity (Wildman–Crippen MR) is 71.9 cm³/mol. The van der Waals surface area contributed by atoms with Gasteiger partial charge in [0.1, 0.15) is 5.82 Å². The van der Waals surface area contributed by atoms with Crippen molar-refractivity contribution in [2.45, 2.75) is 6.04 Å². The molecule has 0 aliphatic heterocycles. The number of hydrogen-bond acceptors (Lipinski definition) is 2. The first-order valence-corrected chi connectivity index (χ1v) is 5.95. The van der Waals surface area contributed by atoms with Crippen LogP contribution in [0.2, 0.25) is 5.02 Å². The van der Waals surface area contributed by atoms with Crippen LogP contribution in [0.5, 0.6) is 0 Å². The summed E-state index contributed by atoms with van der Waals surface area (Å²) < 4.78 is 13.6. The molecule has 0 aliphatic rings. The van der Waals surface area contributed by atoms with Gasteiger partial charge in [0.25, 0.3) is 0 Å². The third kappa shape index (κ3) is 3.23. The normalized spacial score (nSPS) is 11.9. The molecule has 2 aromatic carbocycles. The van der Waals surface area contributed by atoms with E-state index in [2.05, 4.69) is 5.32 Å². The first-order valence-electron chi connectivity index (χ1n) is 5.57. The van der Waals surface area contributed by atoms with Gasteiger partial charge in [-0.25, -0.2) is 9.18 Å². The van der Waals surface area contributed by atoms with Crippen LogP contribution in [0.3, 0.4) is 0 Å². The minimum Gasteiger partial charge on any atom is -0.479 e. The van der Waals surface area contributed by atoms with Gasteiger partial charge in [-0.3, -0.25) is 0 Å². The van der Waals surface area contributed by atoms with Crippen LogP contribution in [0.1, 0.15) is 11.6 Å². The molecular weight excluding hydrogens is 269 g/mol. The van der Waals surface area contributed by atoms with E-state index in [1.54, 1.807) is 30.3 Å². The second kappa shape index (κ2) is 5.71. The smallest absolute Gasteiger partial charge is 0.330 e. The Kier molecular flexibility index (Phi) is 4.02. The van der Waals surface area contributed by atoms with Gasteiger partial charge in [0.15, 0.2) is 6.04 Å². The van der Waals surface area contributed by atoms with Crippen molar-refractivity contribution < 1.29 is 14.3 Å². The maximum Gasteiger partial charge on any atom is 0.330 e. The van der Waals surface area contributed by atoms with Crippen molar-refractivity contribution in [2.24, 2.45) is 0 Å². The molecule has 0 aliphatic carbocycles. The van der Waals surface area contributed by atoms with Gasteiger partial charge in [-0.2, -0.15) is 0 Å². The highest BCUT2D eigenvalue weighted by atomic mass is 35.5. The van der Waals surface area contributed by atoms with Gasteiger partial charge >= 0.3 is 5.97 Å². The van der Waals surface area contributed by atoms with Crippen LogP contribution in [0, 0.1) is 5.82 Å². The minimum atomic E-state index is -1.15. The van der Waals surface area contributed by atoms with Gasteiger partial charge in [-0.15, -0.1) is 0 Å². The molecular formula is C14H11ClFNO2. The van der Waals surface area contributed by atoms with Crippen LogP contribution >= 0.6 is 11.6 Å². The molecule has 98 valence electrons. The fourth-order valence-electron chi connectivity index (χ4n) is 1.69. The van der Waals surface area contributed by atoms with Crippen LogP contribution in [0.25, 0.3) is 0 Å². The van der Waals surface area contributed by atoms with Crippen LogP contribution < -0.4 is 5.32 Å². The van der Waals surface area contributed by atoms with E-state index in [-0.39, 0.29) is 5.56 Å². The Hall–Kier alpha value is -2.07. The van der Waals surface area contributed by atoms with Gasteiger partial charge in [-0.05, 0) is 30.3 Å². The van der Waals surface area contributed by atoms with Gasteiger partial charge in [0.05, 0.1) is 0 Å². The van der Waals surface area contributed by atoms with E-state index in [0.717, 1.165) is 0 Å². The SMILES string of the molecule is O=C(O)C(Nc1ccc(Cl)cc1)c1ccccc1F. The van der Waals surface area contributed by atoms with Crippen molar-refractivity contribution in [1.29, 1.82) is 0 Å². The summed E-state index contributed by atoms with van der Waals surface area (Å²) in [4.78, 5) is 11.3.